The fourth-order valence-electron chi connectivity index (χ4n) is 3.09. The van der Waals surface area contributed by atoms with Crippen LogP contribution in [0, 0.1) is 11.3 Å². The van der Waals surface area contributed by atoms with Crippen LogP contribution in [0.3, 0.4) is 0 Å². The summed E-state index contributed by atoms with van der Waals surface area (Å²) in [5.41, 5.74) is 7.85. The number of benzene rings is 1. The van der Waals surface area contributed by atoms with Crippen LogP contribution < -0.4 is 10.5 Å². The first kappa shape index (κ1) is 20.0. The summed E-state index contributed by atoms with van der Waals surface area (Å²) in [6.07, 6.45) is 1.71. The number of esters is 1. The minimum Gasteiger partial charge on any atom is -0.487 e. The van der Waals surface area contributed by atoms with E-state index in [-0.39, 0.29) is 23.6 Å². The van der Waals surface area contributed by atoms with Crippen molar-refractivity contribution in [3.05, 3.63) is 82.7 Å². The molecule has 0 fully saturated rings. The van der Waals surface area contributed by atoms with Crippen LogP contribution in [0.4, 0.5) is 0 Å². The van der Waals surface area contributed by atoms with E-state index in [1.54, 1.807) is 44.3 Å². The minimum absolute atomic E-state index is 0.0153. The zero-order chi connectivity index (χ0) is 20.8. The summed E-state index contributed by atoms with van der Waals surface area (Å²) >= 11 is 0. The molecule has 29 heavy (non-hydrogen) atoms. The summed E-state index contributed by atoms with van der Waals surface area (Å²) in [6, 6.07) is 14.8. The van der Waals surface area contributed by atoms with Crippen LogP contribution in [0.5, 0.6) is 5.75 Å². The Kier molecular flexibility index (Phi) is 6.15. The lowest BCUT2D eigenvalue weighted by Crippen LogP contribution is -2.25. The van der Waals surface area contributed by atoms with Crippen LogP contribution in [-0.2, 0) is 20.9 Å². The highest BCUT2D eigenvalue weighted by atomic mass is 16.5. The number of allylic oxidation sites excluding steroid dienone is 2. The third-order valence-electron chi connectivity index (χ3n) is 4.43. The summed E-state index contributed by atoms with van der Waals surface area (Å²) in [5.74, 6) is -0.261. The van der Waals surface area contributed by atoms with Gasteiger partial charge in [-0.3, -0.25) is 4.98 Å². The summed E-state index contributed by atoms with van der Waals surface area (Å²) in [7, 11) is 0. The summed E-state index contributed by atoms with van der Waals surface area (Å²) in [4.78, 5) is 16.7. The number of nitriles is 1. The van der Waals surface area contributed by atoms with Crippen molar-refractivity contribution in [2.75, 3.05) is 6.61 Å². The van der Waals surface area contributed by atoms with E-state index in [2.05, 4.69) is 11.1 Å². The second kappa shape index (κ2) is 8.93. The van der Waals surface area contributed by atoms with Gasteiger partial charge in [0, 0.05) is 6.20 Å². The third kappa shape index (κ3) is 4.38. The zero-order valence-electron chi connectivity index (χ0n) is 16.2. The first-order chi connectivity index (χ1) is 14.0. The van der Waals surface area contributed by atoms with E-state index in [4.69, 9.17) is 19.9 Å². The highest BCUT2D eigenvalue weighted by Gasteiger charge is 2.36. The summed E-state index contributed by atoms with van der Waals surface area (Å²) in [5, 5.41) is 9.60. The Hall–Kier alpha value is -3.79. The van der Waals surface area contributed by atoms with E-state index in [0.717, 1.165) is 5.69 Å². The number of hydrogen-bond donors (Lipinski definition) is 1. The van der Waals surface area contributed by atoms with Crippen molar-refractivity contribution >= 4 is 5.97 Å². The number of nitrogens with two attached hydrogens (primary N) is 1. The van der Waals surface area contributed by atoms with Gasteiger partial charge in [-0.05, 0) is 43.7 Å². The Labute approximate surface area is 169 Å². The van der Waals surface area contributed by atoms with Crippen LogP contribution >= 0.6 is 0 Å². The predicted octanol–water partition coefficient (Wildman–Crippen LogP) is 3.31. The first-order valence-corrected chi connectivity index (χ1v) is 9.13. The van der Waals surface area contributed by atoms with Crippen LogP contribution in [-0.4, -0.2) is 17.6 Å². The maximum atomic E-state index is 12.5. The van der Waals surface area contributed by atoms with Gasteiger partial charge in [-0.15, -0.1) is 0 Å². The third-order valence-corrected chi connectivity index (χ3v) is 4.43. The average molecular weight is 391 g/mol. The first-order valence-electron chi connectivity index (χ1n) is 9.13. The molecule has 2 aromatic rings. The quantitative estimate of drug-likeness (QED) is 0.753. The van der Waals surface area contributed by atoms with E-state index in [0.29, 0.717) is 23.7 Å². The SMILES string of the molecule is CCOC(=O)C1=C(C)OC(N)=C(C#N)C1c1ccc(OCc2ccccn2)cc1. The van der Waals surface area contributed by atoms with Gasteiger partial charge in [-0.2, -0.15) is 5.26 Å². The number of ether oxygens (including phenoxy) is 3. The molecule has 148 valence electrons. The van der Waals surface area contributed by atoms with Crippen LogP contribution in [0.15, 0.2) is 71.4 Å². The molecule has 1 aliphatic rings. The van der Waals surface area contributed by atoms with Gasteiger partial charge in [-0.25, -0.2) is 4.79 Å². The highest BCUT2D eigenvalue weighted by molar-refractivity contribution is 5.92. The number of rotatable bonds is 6. The molecule has 0 amide bonds. The number of hydrogen-bond acceptors (Lipinski definition) is 7. The Morgan fingerprint density at radius 2 is 2.03 bits per heavy atom. The molecule has 1 atom stereocenters. The van der Waals surface area contributed by atoms with E-state index in [1.165, 1.54) is 0 Å². The van der Waals surface area contributed by atoms with Gasteiger partial charge in [-0.1, -0.05) is 18.2 Å². The topological polar surface area (TPSA) is 107 Å². The van der Waals surface area contributed by atoms with Crippen molar-refractivity contribution in [2.45, 2.75) is 26.4 Å². The highest BCUT2D eigenvalue weighted by Crippen LogP contribution is 2.39. The molecule has 1 aromatic heterocycles. The lowest BCUT2D eigenvalue weighted by atomic mass is 9.83. The van der Waals surface area contributed by atoms with Crippen LogP contribution in [0.2, 0.25) is 0 Å². The Morgan fingerprint density at radius 1 is 1.28 bits per heavy atom. The van der Waals surface area contributed by atoms with Gasteiger partial charge in [0.25, 0.3) is 0 Å². The molecule has 0 aliphatic carbocycles. The van der Waals surface area contributed by atoms with Crippen molar-refractivity contribution in [1.82, 2.24) is 4.98 Å². The lowest BCUT2D eigenvalue weighted by Gasteiger charge is -2.26. The van der Waals surface area contributed by atoms with Crippen LogP contribution in [0.1, 0.15) is 31.0 Å². The van der Waals surface area contributed by atoms with Gasteiger partial charge >= 0.3 is 5.97 Å². The number of nitrogens with zero attached hydrogens (tertiary/aromatic N) is 2. The fourth-order valence-corrected chi connectivity index (χ4v) is 3.09. The molecule has 2 N–H and O–H groups in total. The molecular weight excluding hydrogens is 370 g/mol. The van der Waals surface area contributed by atoms with Gasteiger partial charge < -0.3 is 19.9 Å². The molecule has 7 heteroatoms. The molecule has 1 aromatic carbocycles. The van der Waals surface area contributed by atoms with E-state index in [1.807, 2.05) is 18.2 Å². The molecule has 0 radical (unpaired) electrons. The maximum Gasteiger partial charge on any atom is 0.338 e. The minimum atomic E-state index is -0.669. The Balaban J connectivity index is 1.88. The molecule has 2 heterocycles. The van der Waals surface area contributed by atoms with Crippen LogP contribution in [0.25, 0.3) is 0 Å². The molecule has 0 saturated carbocycles. The molecule has 0 spiro atoms. The van der Waals surface area contributed by atoms with Gasteiger partial charge in [0.1, 0.15) is 29.8 Å². The monoisotopic (exact) mass is 391 g/mol. The van der Waals surface area contributed by atoms with Gasteiger partial charge in [0.15, 0.2) is 0 Å². The summed E-state index contributed by atoms with van der Waals surface area (Å²) in [6.45, 7) is 3.89. The van der Waals surface area contributed by atoms with E-state index >= 15 is 0 Å². The molecule has 7 nitrogen and oxygen atoms in total. The second-order valence-electron chi connectivity index (χ2n) is 6.29. The maximum absolute atomic E-state index is 12.5. The van der Waals surface area contributed by atoms with Crippen molar-refractivity contribution in [3.8, 4) is 11.8 Å². The molecule has 1 aliphatic heterocycles. The predicted molar refractivity (Wildman–Crippen MR) is 105 cm³/mol. The molecule has 0 bridgehead atoms. The van der Waals surface area contributed by atoms with Gasteiger partial charge in [0.05, 0.1) is 23.8 Å². The largest absolute Gasteiger partial charge is 0.487 e. The second-order valence-corrected chi connectivity index (χ2v) is 6.29. The lowest BCUT2D eigenvalue weighted by molar-refractivity contribution is -0.139. The Bertz CT molecular complexity index is 989. The standard InChI is InChI=1S/C22H21N3O4/c1-3-27-22(26)19-14(2)29-21(24)18(12-23)20(19)15-7-9-17(10-8-15)28-13-16-6-4-5-11-25-16/h4-11,20H,3,13,24H2,1-2H3. The smallest absolute Gasteiger partial charge is 0.338 e. The number of aromatic nitrogens is 1. The van der Waals surface area contributed by atoms with Crippen molar-refractivity contribution in [1.29, 1.82) is 5.26 Å². The number of carbonyl (C=O) groups is 1. The number of pyridine rings is 1. The molecule has 3 rings (SSSR count). The average Bonchev–Trinajstić information content (AvgIpc) is 2.73. The van der Waals surface area contributed by atoms with E-state index < -0.39 is 11.9 Å². The molecular formula is C22H21N3O4. The van der Waals surface area contributed by atoms with Gasteiger partial charge in [0.2, 0.25) is 5.88 Å². The zero-order valence-corrected chi connectivity index (χ0v) is 16.2. The van der Waals surface area contributed by atoms with E-state index in [9.17, 15) is 10.1 Å². The van der Waals surface area contributed by atoms with Crippen molar-refractivity contribution < 1.29 is 19.0 Å². The molecule has 0 saturated heterocycles. The van der Waals surface area contributed by atoms with Crippen molar-refractivity contribution in [2.24, 2.45) is 5.73 Å². The van der Waals surface area contributed by atoms with Crippen molar-refractivity contribution in [3.63, 3.8) is 0 Å². The normalized spacial score (nSPS) is 16.1. The Morgan fingerprint density at radius 3 is 2.66 bits per heavy atom. The fraction of sp³-hybridized carbons (Fsp3) is 0.227. The summed E-state index contributed by atoms with van der Waals surface area (Å²) < 4.78 is 16.3. The molecule has 1 unspecified atom stereocenters. The number of carbonyl (C=O) groups excluding carboxylic acids is 1.